The van der Waals surface area contributed by atoms with Crippen LogP contribution in [0.2, 0.25) is 0 Å². The van der Waals surface area contributed by atoms with E-state index in [-0.39, 0.29) is 18.2 Å². The summed E-state index contributed by atoms with van der Waals surface area (Å²) < 4.78 is 32.3. The Morgan fingerprint density at radius 2 is 1.91 bits per heavy atom. The molecule has 23 heavy (non-hydrogen) atoms. The van der Waals surface area contributed by atoms with Crippen LogP contribution in [0.15, 0.2) is 30.3 Å². The number of hydrogen-bond donors (Lipinski definition) is 1. The van der Waals surface area contributed by atoms with Gasteiger partial charge in [-0.05, 0) is 37.2 Å². The number of rotatable bonds is 4. The summed E-state index contributed by atoms with van der Waals surface area (Å²) in [5, 5.41) is 11.0. The van der Waals surface area contributed by atoms with E-state index >= 15 is 0 Å². The minimum atomic E-state index is -3.34. The van der Waals surface area contributed by atoms with Crippen LogP contribution >= 0.6 is 0 Å². The van der Waals surface area contributed by atoms with Crippen LogP contribution in [0.1, 0.15) is 31.2 Å². The minimum absolute atomic E-state index is 0.155. The molecule has 1 aromatic carbocycles. The van der Waals surface area contributed by atoms with E-state index < -0.39 is 15.6 Å². The predicted molar refractivity (Wildman–Crippen MR) is 88.5 cm³/mol. The standard InChI is InChI=1S/C17H25NO4S/c19-17(16-5-2-1-3-6-16)9-4-10-18(14-17)23(20,21)13-15-7-11-22-12-8-15/h1-3,5-6,15,19H,4,7-14H2. The lowest BCUT2D eigenvalue weighted by Gasteiger charge is -2.39. The Kier molecular flexibility index (Phi) is 5.06. The predicted octanol–water partition coefficient (Wildman–Crippen LogP) is 1.73. The first-order chi connectivity index (χ1) is 11.0. The second-order valence-corrected chi connectivity index (χ2v) is 8.68. The van der Waals surface area contributed by atoms with Gasteiger partial charge in [0, 0.05) is 26.3 Å². The Morgan fingerprint density at radius 3 is 2.61 bits per heavy atom. The highest BCUT2D eigenvalue weighted by atomic mass is 32.2. The topological polar surface area (TPSA) is 66.8 Å². The van der Waals surface area contributed by atoms with Crippen LogP contribution in [-0.4, -0.2) is 49.9 Å². The lowest BCUT2D eigenvalue weighted by molar-refractivity contribution is -0.0126. The number of piperidine rings is 1. The van der Waals surface area contributed by atoms with Crippen molar-refractivity contribution in [3.8, 4) is 0 Å². The van der Waals surface area contributed by atoms with E-state index in [1.807, 2.05) is 30.3 Å². The van der Waals surface area contributed by atoms with Crippen molar-refractivity contribution in [1.29, 1.82) is 0 Å². The summed E-state index contributed by atoms with van der Waals surface area (Å²) in [5.74, 6) is 0.335. The number of nitrogens with zero attached hydrogens (tertiary/aromatic N) is 1. The molecular weight excluding hydrogens is 314 g/mol. The molecule has 2 aliphatic rings. The van der Waals surface area contributed by atoms with Crippen LogP contribution < -0.4 is 0 Å². The average Bonchev–Trinajstić information content (AvgIpc) is 2.56. The first-order valence-electron chi connectivity index (χ1n) is 8.33. The van der Waals surface area contributed by atoms with Gasteiger partial charge in [-0.2, -0.15) is 4.31 Å². The number of ether oxygens (including phenoxy) is 1. The molecule has 2 fully saturated rings. The van der Waals surface area contributed by atoms with Gasteiger partial charge in [-0.15, -0.1) is 0 Å². The van der Waals surface area contributed by atoms with Gasteiger partial charge in [0.1, 0.15) is 5.60 Å². The quantitative estimate of drug-likeness (QED) is 0.907. The summed E-state index contributed by atoms with van der Waals surface area (Å²) in [6, 6.07) is 9.39. The van der Waals surface area contributed by atoms with E-state index in [9.17, 15) is 13.5 Å². The zero-order valence-corrected chi connectivity index (χ0v) is 14.2. The first kappa shape index (κ1) is 16.9. The van der Waals surface area contributed by atoms with Gasteiger partial charge >= 0.3 is 0 Å². The SMILES string of the molecule is O=S(=O)(CC1CCOCC1)N1CCCC(O)(c2ccccc2)C1. The van der Waals surface area contributed by atoms with Crippen molar-refractivity contribution in [2.75, 3.05) is 32.1 Å². The van der Waals surface area contributed by atoms with Crippen molar-refractivity contribution in [3.63, 3.8) is 0 Å². The van der Waals surface area contributed by atoms with Crippen molar-refractivity contribution < 1.29 is 18.3 Å². The molecule has 1 N–H and O–H groups in total. The van der Waals surface area contributed by atoms with Gasteiger partial charge < -0.3 is 9.84 Å². The molecule has 128 valence electrons. The van der Waals surface area contributed by atoms with Gasteiger partial charge in [0.05, 0.1) is 5.75 Å². The van der Waals surface area contributed by atoms with E-state index in [1.54, 1.807) is 0 Å². The van der Waals surface area contributed by atoms with Crippen LogP contribution in [0.25, 0.3) is 0 Å². The molecule has 0 aromatic heterocycles. The Hall–Kier alpha value is -0.950. The highest BCUT2D eigenvalue weighted by Crippen LogP contribution is 2.33. The van der Waals surface area contributed by atoms with Gasteiger partial charge in [-0.3, -0.25) is 0 Å². The molecule has 2 heterocycles. The lowest BCUT2D eigenvalue weighted by Crippen LogP contribution is -2.49. The molecule has 2 aliphatic heterocycles. The molecule has 3 rings (SSSR count). The first-order valence-corrected chi connectivity index (χ1v) is 9.94. The zero-order chi connectivity index (χ0) is 16.3. The Bertz CT molecular complexity index is 613. The third-order valence-electron chi connectivity index (χ3n) is 4.93. The Labute approximate surface area is 138 Å². The fourth-order valence-corrected chi connectivity index (χ4v) is 5.49. The zero-order valence-electron chi connectivity index (χ0n) is 13.4. The summed E-state index contributed by atoms with van der Waals surface area (Å²) >= 11 is 0. The highest BCUT2D eigenvalue weighted by Gasteiger charge is 2.39. The molecule has 6 heteroatoms. The van der Waals surface area contributed by atoms with Gasteiger partial charge in [0.2, 0.25) is 10.0 Å². The second kappa shape index (κ2) is 6.89. The van der Waals surface area contributed by atoms with Gasteiger partial charge in [0.15, 0.2) is 0 Å². The van der Waals surface area contributed by atoms with E-state index in [4.69, 9.17) is 4.74 Å². The minimum Gasteiger partial charge on any atom is -0.384 e. The van der Waals surface area contributed by atoms with Gasteiger partial charge in [-0.1, -0.05) is 30.3 Å². The smallest absolute Gasteiger partial charge is 0.214 e. The van der Waals surface area contributed by atoms with Gasteiger partial charge in [-0.25, -0.2) is 8.42 Å². The number of sulfonamides is 1. The molecule has 1 aromatic rings. The van der Waals surface area contributed by atoms with E-state index in [2.05, 4.69) is 0 Å². The van der Waals surface area contributed by atoms with Crippen molar-refractivity contribution in [2.24, 2.45) is 5.92 Å². The second-order valence-electron chi connectivity index (χ2n) is 6.67. The molecule has 0 saturated carbocycles. The normalized spacial score (nSPS) is 27.9. The molecule has 1 unspecified atom stereocenters. The molecule has 0 bridgehead atoms. The van der Waals surface area contributed by atoms with Crippen molar-refractivity contribution >= 4 is 10.0 Å². The van der Waals surface area contributed by atoms with E-state index in [0.717, 1.165) is 18.4 Å². The van der Waals surface area contributed by atoms with Crippen LogP contribution in [0.5, 0.6) is 0 Å². The monoisotopic (exact) mass is 339 g/mol. The number of β-amino-alcohol motifs (C(OH)–C–C–N with tert-alkyl or cyclic N) is 1. The number of hydrogen-bond acceptors (Lipinski definition) is 4. The largest absolute Gasteiger partial charge is 0.384 e. The van der Waals surface area contributed by atoms with Crippen LogP contribution in [0.4, 0.5) is 0 Å². The molecule has 1 atom stereocenters. The summed E-state index contributed by atoms with van der Waals surface area (Å²) in [6.07, 6.45) is 2.88. The number of benzene rings is 1. The maximum Gasteiger partial charge on any atom is 0.214 e. The number of aliphatic hydroxyl groups is 1. The van der Waals surface area contributed by atoms with Crippen molar-refractivity contribution in [3.05, 3.63) is 35.9 Å². The maximum atomic E-state index is 12.7. The molecule has 2 saturated heterocycles. The van der Waals surface area contributed by atoms with E-state index in [1.165, 1.54) is 4.31 Å². The summed E-state index contributed by atoms with van der Waals surface area (Å²) in [5.41, 5.74) is -0.284. The molecule has 0 spiro atoms. The summed E-state index contributed by atoms with van der Waals surface area (Å²) in [4.78, 5) is 0. The fourth-order valence-electron chi connectivity index (χ4n) is 3.54. The molecule has 0 radical (unpaired) electrons. The van der Waals surface area contributed by atoms with Crippen LogP contribution in [0.3, 0.4) is 0 Å². The van der Waals surface area contributed by atoms with Crippen LogP contribution in [0, 0.1) is 5.92 Å². The molecular formula is C17H25NO4S. The average molecular weight is 339 g/mol. The van der Waals surface area contributed by atoms with Crippen LogP contribution in [-0.2, 0) is 20.4 Å². The summed E-state index contributed by atoms with van der Waals surface area (Å²) in [7, 11) is -3.34. The van der Waals surface area contributed by atoms with Gasteiger partial charge in [0.25, 0.3) is 0 Å². The molecule has 0 amide bonds. The van der Waals surface area contributed by atoms with E-state index in [0.29, 0.717) is 32.6 Å². The molecule has 5 nitrogen and oxygen atoms in total. The van der Waals surface area contributed by atoms with Crippen molar-refractivity contribution in [1.82, 2.24) is 4.31 Å². The maximum absolute atomic E-state index is 12.7. The third kappa shape index (κ3) is 3.94. The third-order valence-corrected chi connectivity index (χ3v) is 6.92. The Balaban J connectivity index is 1.72. The van der Waals surface area contributed by atoms with Crippen molar-refractivity contribution in [2.45, 2.75) is 31.3 Å². The highest BCUT2D eigenvalue weighted by molar-refractivity contribution is 7.89. The molecule has 0 aliphatic carbocycles. The lowest BCUT2D eigenvalue weighted by atomic mass is 9.87. The Morgan fingerprint density at radius 1 is 1.22 bits per heavy atom. The summed E-state index contributed by atoms with van der Waals surface area (Å²) in [6.45, 7) is 1.95. The fraction of sp³-hybridized carbons (Fsp3) is 0.647.